The second-order valence-corrected chi connectivity index (χ2v) is 6.94. The van der Waals surface area contributed by atoms with Crippen LogP contribution in [0.15, 0.2) is 60.7 Å². The molecule has 2 rings (SSSR count). The van der Waals surface area contributed by atoms with Crippen LogP contribution in [-0.4, -0.2) is 12.3 Å². The van der Waals surface area contributed by atoms with Crippen LogP contribution in [0, 0.1) is 0 Å². The molecule has 0 aliphatic carbocycles. The van der Waals surface area contributed by atoms with Gasteiger partial charge in [0.25, 0.3) is 0 Å². The highest BCUT2D eigenvalue weighted by molar-refractivity contribution is 7.78. The van der Waals surface area contributed by atoms with E-state index in [0.717, 1.165) is 0 Å². The summed E-state index contributed by atoms with van der Waals surface area (Å²) in [6.07, 6.45) is 0.0242. The second-order valence-electron chi connectivity index (χ2n) is 4.11. The lowest BCUT2D eigenvalue weighted by Crippen LogP contribution is -2.34. The molecule has 3 N–H and O–H groups in total. The van der Waals surface area contributed by atoms with E-state index in [1.54, 1.807) is 24.3 Å². The van der Waals surface area contributed by atoms with Crippen LogP contribution < -0.4 is 21.7 Å². The molecule has 0 fully saturated rings. The van der Waals surface area contributed by atoms with E-state index < -0.39 is 13.2 Å². The topological polar surface area (TPSA) is 72.2 Å². The van der Waals surface area contributed by atoms with Crippen molar-refractivity contribution in [2.24, 2.45) is 5.73 Å². The normalized spacial score (nSPS) is 10.9. The van der Waals surface area contributed by atoms with Crippen molar-refractivity contribution in [3.8, 4) is 0 Å². The molecule has 2 aromatic carbocycles. The number of rotatable bonds is 4. The molecule has 0 heterocycles. The van der Waals surface area contributed by atoms with Crippen LogP contribution in [0.5, 0.6) is 0 Å². The van der Waals surface area contributed by atoms with E-state index in [4.69, 9.17) is 5.73 Å². The number of carbonyl (C=O) groups excluding carboxylic acids is 1. The fourth-order valence-electron chi connectivity index (χ4n) is 1.86. The van der Waals surface area contributed by atoms with Crippen molar-refractivity contribution in [1.82, 2.24) is 5.32 Å². The highest BCUT2D eigenvalue weighted by atomic mass is 31.2. The Kier molecular flexibility index (Phi) is 4.03. The molecule has 98 valence electrons. The average molecular weight is 274 g/mol. The Morgan fingerprint density at radius 3 is 1.74 bits per heavy atom. The highest BCUT2D eigenvalue weighted by Crippen LogP contribution is 2.41. The van der Waals surface area contributed by atoms with E-state index in [1.807, 2.05) is 36.4 Å². The molecule has 2 amide bonds. The lowest BCUT2D eigenvalue weighted by Gasteiger charge is -2.19. The molecule has 0 saturated carbocycles. The van der Waals surface area contributed by atoms with Gasteiger partial charge in [-0.25, -0.2) is 4.79 Å². The SMILES string of the molecule is NC(=O)NCP(=O)(c1ccccc1)c1ccccc1. The summed E-state index contributed by atoms with van der Waals surface area (Å²) in [4.78, 5) is 10.9. The summed E-state index contributed by atoms with van der Waals surface area (Å²) in [5.41, 5.74) is 5.08. The van der Waals surface area contributed by atoms with E-state index in [9.17, 15) is 9.36 Å². The number of nitrogens with two attached hydrogens (primary N) is 1. The zero-order valence-corrected chi connectivity index (χ0v) is 11.2. The minimum Gasteiger partial charge on any atom is -0.352 e. The van der Waals surface area contributed by atoms with Crippen molar-refractivity contribution < 1.29 is 9.36 Å². The monoisotopic (exact) mass is 274 g/mol. The fraction of sp³-hybridized carbons (Fsp3) is 0.0714. The first kappa shape index (κ1) is 13.4. The average Bonchev–Trinajstić information content (AvgIpc) is 2.46. The largest absolute Gasteiger partial charge is 0.352 e. The summed E-state index contributed by atoms with van der Waals surface area (Å²) in [5.74, 6) is 0. The van der Waals surface area contributed by atoms with Crippen molar-refractivity contribution >= 4 is 23.8 Å². The number of benzene rings is 2. The van der Waals surface area contributed by atoms with Gasteiger partial charge in [0.05, 0.1) is 6.29 Å². The van der Waals surface area contributed by atoms with Gasteiger partial charge in [-0.15, -0.1) is 0 Å². The predicted octanol–water partition coefficient (Wildman–Crippen LogP) is 1.63. The third kappa shape index (κ3) is 3.04. The van der Waals surface area contributed by atoms with Gasteiger partial charge in [-0.3, -0.25) is 0 Å². The van der Waals surface area contributed by atoms with Gasteiger partial charge in [-0.1, -0.05) is 60.7 Å². The summed E-state index contributed by atoms with van der Waals surface area (Å²) in [5, 5.41) is 3.87. The van der Waals surface area contributed by atoms with E-state index in [-0.39, 0.29) is 6.29 Å². The van der Waals surface area contributed by atoms with E-state index >= 15 is 0 Å². The van der Waals surface area contributed by atoms with Crippen molar-refractivity contribution in [1.29, 1.82) is 0 Å². The van der Waals surface area contributed by atoms with Crippen LogP contribution in [0.2, 0.25) is 0 Å². The van der Waals surface area contributed by atoms with Gasteiger partial charge >= 0.3 is 6.03 Å². The fourth-order valence-corrected chi connectivity index (χ4v) is 4.21. The van der Waals surface area contributed by atoms with Crippen molar-refractivity contribution in [2.75, 3.05) is 6.29 Å². The Balaban J connectivity index is 2.45. The van der Waals surface area contributed by atoms with Gasteiger partial charge in [0.1, 0.15) is 0 Å². The molecule has 0 saturated heterocycles. The van der Waals surface area contributed by atoms with Crippen LogP contribution >= 0.6 is 7.14 Å². The van der Waals surface area contributed by atoms with Crippen molar-refractivity contribution in [3.05, 3.63) is 60.7 Å². The molecular formula is C14H15N2O2P. The number of nitrogens with one attached hydrogen (secondary N) is 1. The third-order valence-corrected chi connectivity index (χ3v) is 5.69. The van der Waals surface area contributed by atoms with Crippen LogP contribution in [0.1, 0.15) is 0 Å². The minimum absolute atomic E-state index is 0.0242. The van der Waals surface area contributed by atoms with Gasteiger partial charge in [0.2, 0.25) is 0 Å². The van der Waals surface area contributed by atoms with Crippen molar-refractivity contribution in [2.45, 2.75) is 0 Å². The Morgan fingerprint density at radius 1 is 0.947 bits per heavy atom. The third-order valence-electron chi connectivity index (χ3n) is 2.82. The van der Waals surface area contributed by atoms with Gasteiger partial charge in [0.15, 0.2) is 7.14 Å². The molecule has 4 nitrogen and oxygen atoms in total. The summed E-state index contributed by atoms with van der Waals surface area (Å²) < 4.78 is 13.3. The smallest absolute Gasteiger partial charge is 0.312 e. The number of carbonyl (C=O) groups is 1. The van der Waals surface area contributed by atoms with Gasteiger partial charge in [-0.2, -0.15) is 0 Å². The maximum absolute atomic E-state index is 13.3. The van der Waals surface area contributed by atoms with E-state index in [0.29, 0.717) is 10.6 Å². The first-order valence-electron chi connectivity index (χ1n) is 5.86. The predicted molar refractivity (Wildman–Crippen MR) is 77.3 cm³/mol. The molecule has 0 atom stereocenters. The lowest BCUT2D eigenvalue weighted by atomic mass is 10.4. The minimum atomic E-state index is -2.89. The Morgan fingerprint density at radius 2 is 1.37 bits per heavy atom. The Labute approximate surface area is 112 Å². The molecule has 0 spiro atoms. The molecule has 0 bridgehead atoms. The zero-order chi connectivity index (χ0) is 13.7. The van der Waals surface area contributed by atoms with Gasteiger partial charge < -0.3 is 15.6 Å². The maximum Gasteiger partial charge on any atom is 0.312 e. The van der Waals surface area contributed by atoms with Crippen molar-refractivity contribution in [3.63, 3.8) is 0 Å². The standard InChI is InChI=1S/C14H15N2O2P/c15-14(17)16-11-19(18,12-7-3-1-4-8-12)13-9-5-2-6-10-13/h1-10H,11H2,(H3,15,16,17). The van der Waals surface area contributed by atoms with Crippen LogP contribution in [0.25, 0.3) is 0 Å². The first-order chi connectivity index (χ1) is 9.13. The summed E-state index contributed by atoms with van der Waals surface area (Å²) >= 11 is 0. The van der Waals surface area contributed by atoms with E-state index in [1.165, 1.54) is 0 Å². The molecule has 0 radical (unpaired) electrons. The number of hydrogen-bond acceptors (Lipinski definition) is 2. The van der Waals surface area contributed by atoms with Gasteiger partial charge in [0, 0.05) is 10.6 Å². The second kappa shape index (κ2) is 5.72. The Hall–Kier alpha value is -2.06. The van der Waals surface area contributed by atoms with Crippen LogP contribution in [0.3, 0.4) is 0 Å². The highest BCUT2D eigenvalue weighted by Gasteiger charge is 2.27. The maximum atomic E-state index is 13.3. The van der Waals surface area contributed by atoms with Crippen LogP contribution in [0.4, 0.5) is 4.79 Å². The molecule has 0 aliphatic heterocycles. The molecule has 19 heavy (non-hydrogen) atoms. The number of hydrogen-bond donors (Lipinski definition) is 2. The molecule has 0 aromatic heterocycles. The number of amides is 2. The van der Waals surface area contributed by atoms with E-state index in [2.05, 4.69) is 5.32 Å². The molecule has 5 heteroatoms. The summed E-state index contributed by atoms with van der Waals surface area (Å²) in [7, 11) is -2.89. The zero-order valence-electron chi connectivity index (χ0n) is 10.3. The first-order valence-corrected chi connectivity index (χ1v) is 7.76. The quantitative estimate of drug-likeness (QED) is 0.832. The number of urea groups is 1. The molecule has 2 aromatic rings. The van der Waals surface area contributed by atoms with Crippen LogP contribution in [-0.2, 0) is 4.57 Å². The molecule has 0 aliphatic rings. The lowest BCUT2D eigenvalue weighted by molar-refractivity contribution is 0.250. The number of primary amides is 1. The Bertz CT molecular complexity index is 556. The summed E-state index contributed by atoms with van der Waals surface area (Å²) in [6, 6.07) is 17.6. The summed E-state index contributed by atoms with van der Waals surface area (Å²) in [6.45, 7) is 0. The van der Waals surface area contributed by atoms with Gasteiger partial charge in [-0.05, 0) is 0 Å². The molecular weight excluding hydrogens is 259 g/mol. The molecule has 0 unspecified atom stereocenters.